The maximum Gasteiger partial charge on any atom is 0.264 e. The number of ketones is 1. The van der Waals surface area contributed by atoms with Crippen molar-refractivity contribution in [3.8, 4) is 0 Å². The normalized spacial score (nSPS) is 11.0. The van der Waals surface area contributed by atoms with Gasteiger partial charge in [-0.2, -0.15) is 5.10 Å². The second-order valence-corrected chi connectivity index (χ2v) is 4.19. The molecule has 96 valence electrons. The Morgan fingerprint density at radius 3 is 3.05 bits per heavy atom. The van der Waals surface area contributed by atoms with Crippen LogP contribution in [0.1, 0.15) is 10.5 Å². The second kappa shape index (κ2) is 4.20. The predicted octanol–water partition coefficient (Wildman–Crippen LogP) is 0.341. The molecule has 3 aromatic rings. The number of carbonyl (C=O) groups excluding carboxylic acids is 1. The number of aryl methyl sites for hydroxylation is 1. The van der Waals surface area contributed by atoms with Gasteiger partial charge in [0.25, 0.3) is 5.56 Å². The van der Waals surface area contributed by atoms with Gasteiger partial charge in [0.2, 0.25) is 0 Å². The lowest BCUT2D eigenvalue weighted by Gasteiger charge is -2.03. The molecule has 0 aliphatic heterocycles. The summed E-state index contributed by atoms with van der Waals surface area (Å²) in [6.07, 6.45) is 4.49. The van der Waals surface area contributed by atoms with Crippen LogP contribution in [0.5, 0.6) is 0 Å². The van der Waals surface area contributed by atoms with E-state index in [2.05, 4.69) is 15.1 Å². The van der Waals surface area contributed by atoms with Crippen molar-refractivity contribution in [2.24, 2.45) is 7.05 Å². The summed E-state index contributed by atoms with van der Waals surface area (Å²) >= 11 is 0. The van der Waals surface area contributed by atoms with Gasteiger partial charge in [-0.05, 0) is 12.1 Å². The van der Waals surface area contributed by atoms with Gasteiger partial charge in [0.1, 0.15) is 11.7 Å². The lowest BCUT2D eigenvalue weighted by Crippen LogP contribution is -2.24. The summed E-state index contributed by atoms with van der Waals surface area (Å²) in [7, 11) is 1.71. The first-order valence-corrected chi connectivity index (χ1v) is 5.70. The second-order valence-electron chi connectivity index (χ2n) is 4.19. The predicted molar refractivity (Wildman–Crippen MR) is 67.9 cm³/mol. The van der Waals surface area contributed by atoms with E-state index in [4.69, 9.17) is 0 Å². The number of aromatic nitrogens is 5. The molecule has 0 aliphatic rings. The largest absolute Gasteiger partial charge is 0.359 e. The Bertz CT molecular complexity index is 797. The molecule has 1 N–H and O–H groups in total. The van der Waals surface area contributed by atoms with Crippen LogP contribution in [-0.4, -0.2) is 30.1 Å². The number of nitrogens with one attached hydrogen (secondary N) is 1. The third kappa shape index (κ3) is 1.85. The van der Waals surface area contributed by atoms with Gasteiger partial charge in [-0.15, -0.1) is 0 Å². The number of H-pyrrole nitrogens is 1. The minimum Gasteiger partial charge on any atom is -0.359 e. The van der Waals surface area contributed by atoms with Crippen LogP contribution in [0, 0.1) is 0 Å². The van der Waals surface area contributed by atoms with Crippen molar-refractivity contribution in [3.05, 3.63) is 46.9 Å². The fraction of sp³-hybridized carbons (Fsp3) is 0.167. The van der Waals surface area contributed by atoms with Crippen LogP contribution >= 0.6 is 0 Å². The number of nitrogens with zero attached hydrogens (tertiary/aromatic N) is 4. The number of hydrogen-bond acceptors (Lipinski definition) is 4. The zero-order chi connectivity index (χ0) is 13.4. The molecular formula is C12H11N5O2. The summed E-state index contributed by atoms with van der Waals surface area (Å²) in [5.41, 5.74) is 0.713. The highest BCUT2D eigenvalue weighted by molar-refractivity contribution is 5.94. The summed E-state index contributed by atoms with van der Waals surface area (Å²) in [5, 5.41) is 4.38. The Balaban J connectivity index is 2.00. The molecule has 7 nitrogen and oxygen atoms in total. The zero-order valence-electron chi connectivity index (χ0n) is 10.2. The van der Waals surface area contributed by atoms with Crippen molar-refractivity contribution in [1.82, 2.24) is 24.3 Å². The van der Waals surface area contributed by atoms with Crippen molar-refractivity contribution in [3.63, 3.8) is 0 Å². The van der Waals surface area contributed by atoms with Crippen LogP contribution in [0.4, 0.5) is 0 Å². The van der Waals surface area contributed by atoms with Crippen LogP contribution in [0.25, 0.3) is 11.0 Å². The van der Waals surface area contributed by atoms with Crippen LogP contribution in [-0.2, 0) is 13.6 Å². The lowest BCUT2D eigenvalue weighted by molar-refractivity contribution is 0.0966. The smallest absolute Gasteiger partial charge is 0.264 e. The van der Waals surface area contributed by atoms with Crippen LogP contribution in [0.2, 0.25) is 0 Å². The quantitative estimate of drug-likeness (QED) is 0.686. The van der Waals surface area contributed by atoms with Crippen molar-refractivity contribution in [1.29, 1.82) is 0 Å². The third-order valence-corrected chi connectivity index (χ3v) is 2.93. The van der Waals surface area contributed by atoms with Gasteiger partial charge in [-0.25, -0.2) is 4.98 Å². The van der Waals surface area contributed by atoms with E-state index in [0.29, 0.717) is 16.7 Å². The molecule has 3 aromatic heterocycles. The highest BCUT2D eigenvalue weighted by Crippen LogP contribution is 2.04. The Labute approximate surface area is 107 Å². The maximum atomic E-state index is 12.2. The summed E-state index contributed by atoms with van der Waals surface area (Å²) in [6.45, 7) is -0.0445. The van der Waals surface area contributed by atoms with Gasteiger partial charge in [0.05, 0.1) is 18.4 Å². The summed E-state index contributed by atoms with van der Waals surface area (Å²) < 4.78 is 2.81. The first kappa shape index (κ1) is 11.4. The average Bonchev–Trinajstić information content (AvgIpc) is 3.03. The minimum absolute atomic E-state index is 0.0445. The van der Waals surface area contributed by atoms with Gasteiger partial charge in [0.15, 0.2) is 11.4 Å². The Hall–Kier alpha value is -2.70. The molecule has 0 radical (unpaired) electrons. The van der Waals surface area contributed by atoms with Crippen LogP contribution in [0.15, 0.2) is 35.6 Å². The maximum absolute atomic E-state index is 12.2. The Kier molecular flexibility index (Phi) is 2.52. The average molecular weight is 257 g/mol. The minimum atomic E-state index is -0.266. The number of aromatic amines is 1. The van der Waals surface area contributed by atoms with Crippen LogP contribution < -0.4 is 5.56 Å². The summed E-state index contributed by atoms with van der Waals surface area (Å²) in [5.74, 6) is -0.169. The van der Waals surface area contributed by atoms with Crippen LogP contribution in [0.3, 0.4) is 0 Å². The molecular weight excluding hydrogens is 246 g/mol. The Morgan fingerprint density at radius 1 is 1.47 bits per heavy atom. The van der Waals surface area contributed by atoms with Crippen molar-refractivity contribution in [2.75, 3.05) is 0 Å². The van der Waals surface area contributed by atoms with Crippen molar-refractivity contribution >= 4 is 16.8 Å². The molecule has 0 bridgehead atoms. The first-order valence-electron chi connectivity index (χ1n) is 5.70. The molecule has 0 saturated heterocycles. The molecule has 0 aromatic carbocycles. The number of carbonyl (C=O) groups is 1. The summed E-state index contributed by atoms with van der Waals surface area (Å²) in [4.78, 5) is 31.0. The SMILES string of the molecule is Cn1ncc2c(=O)n(CC(=O)c3ccc[nH]3)cnc21. The Morgan fingerprint density at radius 2 is 2.32 bits per heavy atom. The van der Waals surface area contributed by atoms with E-state index in [9.17, 15) is 9.59 Å². The number of Topliss-reactive ketones (excluding diaryl/α,β-unsaturated/α-hetero) is 1. The van der Waals surface area contributed by atoms with E-state index in [1.807, 2.05) is 0 Å². The van der Waals surface area contributed by atoms with Gasteiger partial charge in [-0.3, -0.25) is 18.8 Å². The van der Waals surface area contributed by atoms with Gasteiger partial charge < -0.3 is 4.98 Å². The van der Waals surface area contributed by atoms with Gasteiger partial charge >= 0.3 is 0 Å². The molecule has 0 fully saturated rings. The highest BCUT2D eigenvalue weighted by Gasteiger charge is 2.12. The third-order valence-electron chi connectivity index (χ3n) is 2.93. The van der Waals surface area contributed by atoms with Crippen molar-refractivity contribution < 1.29 is 4.79 Å². The van der Waals surface area contributed by atoms with E-state index < -0.39 is 0 Å². The van der Waals surface area contributed by atoms with E-state index >= 15 is 0 Å². The molecule has 0 saturated carbocycles. The molecule has 0 aliphatic carbocycles. The monoisotopic (exact) mass is 257 g/mol. The van der Waals surface area contributed by atoms with Gasteiger partial charge in [0, 0.05) is 13.2 Å². The van der Waals surface area contributed by atoms with E-state index in [1.54, 1.807) is 25.4 Å². The number of hydrogen-bond donors (Lipinski definition) is 1. The standard InChI is InChI=1S/C12H11N5O2/c1-16-11-8(5-15-16)12(19)17(7-14-11)6-10(18)9-3-2-4-13-9/h2-5,7,13H,6H2,1H3. The molecule has 0 spiro atoms. The first-order chi connectivity index (χ1) is 9.16. The van der Waals surface area contributed by atoms with E-state index in [-0.39, 0.29) is 17.9 Å². The fourth-order valence-electron chi connectivity index (χ4n) is 1.92. The molecule has 0 atom stereocenters. The van der Waals surface area contributed by atoms with Gasteiger partial charge in [-0.1, -0.05) is 0 Å². The topological polar surface area (TPSA) is 85.6 Å². The molecule has 3 rings (SSSR count). The molecule has 0 amide bonds. The van der Waals surface area contributed by atoms with E-state index in [1.165, 1.54) is 21.8 Å². The highest BCUT2D eigenvalue weighted by atomic mass is 16.1. The molecule has 19 heavy (non-hydrogen) atoms. The van der Waals surface area contributed by atoms with Crippen molar-refractivity contribution in [2.45, 2.75) is 6.54 Å². The number of rotatable bonds is 3. The molecule has 3 heterocycles. The zero-order valence-corrected chi connectivity index (χ0v) is 10.2. The number of fused-ring (bicyclic) bond motifs is 1. The molecule has 0 unspecified atom stereocenters. The van der Waals surface area contributed by atoms with E-state index in [0.717, 1.165) is 0 Å². The summed E-state index contributed by atoms with van der Waals surface area (Å²) in [6, 6.07) is 3.40. The lowest BCUT2D eigenvalue weighted by atomic mass is 10.3. The molecule has 7 heteroatoms. The fourth-order valence-corrected chi connectivity index (χ4v) is 1.92.